The number of rotatable bonds is 6. The Morgan fingerprint density at radius 1 is 0.941 bits per heavy atom. The van der Waals surface area contributed by atoms with Gasteiger partial charge in [-0.2, -0.15) is 20.3 Å². The maximum atomic E-state index is 13.1. The predicted octanol–water partition coefficient (Wildman–Crippen LogP) is 5.25. The van der Waals surface area contributed by atoms with Crippen LogP contribution in [0.25, 0.3) is 0 Å². The van der Waals surface area contributed by atoms with Crippen molar-refractivity contribution in [1.29, 1.82) is 0 Å². The van der Waals surface area contributed by atoms with Crippen molar-refractivity contribution >= 4 is 58.0 Å². The standard InChI is InChI=1S/C24H17Cl2N5O3/c25-16-10-12-17(13-11-16)28-29-23-22(15-6-2-1-3-7-15)30-31(24(23)34)21(33)14-20(32)27-19-9-5-4-8-18(19)26/h1-13,23H,14H2,(H,27,32). The van der Waals surface area contributed by atoms with Crippen LogP contribution in [-0.4, -0.2) is 34.5 Å². The summed E-state index contributed by atoms with van der Waals surface area (Å²) in [6, 6.07) is 20.9. The van der Waals surface area contributed by atoms with Crippen LogP contribution in [0.15, 0.2) is 94.2 Å². The van der Waals surface area contributed by atoms with Gasteiger partial charge in [0, 0.05) is 10.6 Å². The van der Waals surface area contributed by atoms with Crippen LogP contribution in [0.3, 0.4) is 0 Å². The summed E-state index contributed by atoms with van der Waals surface area (Å²) in [6.45, 7) is 0. The summed E-state index contributed by atoms with van der Waals surface area (Å²) in [5.74, 6) is -2.13. The number of hydrogen-bond donors (Lipinski definition) is 1. The number of benzene rings is 3. The van der Waals surface area contributed by atoms with E-state index in [0.29, 0.717) is 32.0 Å². The Labute approximate surface area is 204 Å². The second kappa shape index (κ2) is 10.4. The lowest BCUT2D eigenvalue weighted by Gasteiger charge is -2.11. The molecule has 34 heavy (non-hydrogen) atoms. The van der Waals surface area contributed by atoms with Gasteiger partial charge in [-0.3, -0.25) is 14.4 Å². The SMILES string of the molecule is O=C(CC(=O)N1N=C(c2ccccc2)C(N=Nc2ccc(Cl)cc2)C1=O)Nc1ccccc1Cl. The fraction of sp³-hybridized carbons (Fsp3) is 0.0833. The van der Waals surface area contributed by atoms with E-state index in [9.17, 15) is 14.4 Å². The molecular weight excluding hydrogens is 477 g/mol. The zero-order chi connectivity index (χ0) is 24.1. The van der Waals surface area contributed by atoms with Gasteiger partial charge >= 0.3 is 0 Å². The molecule has 1 unspecified atom stereocenters. The van der Waals surface area contributed by atoms with Gasteiger partial charge in [0.2, 0.25) is 5.91 Å². The van der Waals surface area contributed by atoms with Gasteiger partial charge in [-0.05, 0) is 36.4 Å². The summed E-state index contributed by atoms with van der Waals surface area (Å²) in [6.07, 6.45) is -0.608. The molecule has 1 aliphatic heterocycles. The van der Waals surface area contributed by atoms with E-state index in [0.717, 1.165) is 0 Å². The van der Waals surface area contributed by atoms with E-state index >= 15 is 0 Å². The number of para-hydroxylation sites is 1. The van der Waals surface area contributed by atoms with Crippen molar-refractivity contribution in [2.45, 2.75) is 12.5 Å². The van der Waals surface area contributed by atoms with Crippen LogP contribution in [0.2, 0.25) is 10.0 Å². The van der Waals surface area contributed by atoms with Crippen molar-refractivity contribution in [1.82, 2.24) is 5.01 Å². The largest absolute Gasteiger partial charge is 0.324 e. The Hall–Kier alpha value is -3.88. The number of amides is 3. The number of anilines is 1. The molecule has 3 aromatic rings. The Morgan fingerprint density at radius 2 is 1.62 bits per heavy atom. The normalized spacial score (nSPS) is 15.5. The molecule has 1 N–H and O–H groups in total. The van der Waals surface area contributed by atoms with Crippen LogP contribution in [0.4, 0.5) is 11.4 Å². The highest BCUT2D eigenvalue weighted by molar-refractivity contribution is 6.34. The molecule has 1 atom stereocenters. The van der Waals surface area contributed by atoms with E-state index in [2.05, 4.69) is 20.6 Å². The number of nitrogens with zero attached hydrogens (tertiary/aromatic N) is 4. The first kappa shape index (κ1) is 23.3. The fourth-order valence-electron chi connectivity index (χ4n) is 3.15. The number of carbonyl (C=O) groups is 3. The Morgan fingerprint density at radius 3 is 2.32 bits per heavy atom. The zero-order valence-electron chi connectivity index (χ0n) is 17.6. The van der Waals surface area contributed by atoms with E-state index < -0.39 is 30.2 Å². The molecule has 0 aliphatic carbocycles. The molecule has 3 amide bonds. The molecule has 3 aromatic carbocycles. The summed E-state index contributed by atoms with van der Waals surface area (Å²) in [4.78, 5) is 38.2. The number of hydrogen-bond acceptors (Lipinski definition) is 6. The van der Waals surface area contributed by atoms with E-state index in [1.165, 1.54) is 0 Å². The van der Waals surface area contributed by atoms with Gasteiger partial charge in [-0.1, -0.05) is 65.7 Å². The van der Waals surface area contributed by atoms with Crippen molar-refractivity contribution < 1.29 is 14.4 Å². The third kappa shape index (κ3) is 5.36. The molecule has 170 valence electrons. The van der Waals surface area contributed by atoms with Crippen LogP contribution >= 0.6 is 23.2 Å². The van der Waals surface area contributed by atoms with Crippen LogP contribution in [-0.2, 0) is 14.4 Å². The van der Waals surface area contributed by atoms with Crippen LogP contribution in [0, 0.1) is 0 Å². The summed E-state index contributed by atoms with van der Waals surface area (Å²) in [7, 11) is 0. The minimum atomic E-state index is -1.14. The molecular formula is C24H17Cl2N5O3. The Bertz CT molecular complexity index is 1290. The monoisotopic (exact) mass is 493 g/mol. The summed E-state index contributed by atoms with van der Waals surface area (Å²) in [5.41, 5.74) is 1.70. The van der Waals surface area contributed by atoms with Gasteiger partial charge in [0.1, 0.15) is 12.1 Å². The molecule has 1 heterocycles. The van der Waals surface area contributed by atoms with E-state index in [1.54, 1.807) is 72.8 Å². The Kier molecular flexibility index (Phi) is 7.10. The smallest absolute Gasteiger partial charge is 0.282 e. The summed E-state index contributed by atoms with van der Waals surface area (Å²) >= 11 is 11.9. The van der Waals surface area contributed by atoms with Crippen LogP contribution in [0.1, 0.15) is 12.0 Å². The molecule has 0 radical (unpaired) electrons. The van der Waals surface area contributed by atoms with Crippen molar-refractivity contribution in [2.75, 3.05) is 5.32 Å². The van der Waals surface area contributed by atoms with E-state index in [4.69, 9.17) is 23.2 Å². The van der Waals surface area contributed by atoms with Gasteiger partial charge in [-0.15, -0.1) is 0 Å². The molecule has 8 nitrogen and oxygen atoms in total. The molecule has 0 bridgehead atoms. The number of halogens is 2. The molecule has 4 rings (SSSR count). The van der Waals surface area contributed by atoms with Crippen molar-refractivity contribution in [3.8, 4) is 0 Å². The van der Waals surface area contributed by atoms with E-state index in [1.807, 2.05) is 6.07 Å². The molecule has 0 spiro atoms. The van der Waals surface area contributed by atoms with Crippen molar-refractivity contribution in [3.05, 3.63) is 94.5 Å². The van der Waals surface area contributed by atoms with Gasteiger partial charge in [-0.25, -0.2) is 0 Å². The first-order valence-electron chi connectivity index (χ1n) is 10.1. The number of imide groups is 1. The second-order valence-electron chi connectivity index (χ2n) is 7.19. The van der Waals surface area contributed by atoms with Gasteiger partial charge in [0.15, 0.2) is 6.04 Å². The summed E-state index contributed by atoms with van der Waals surface area (Å²) in [5, 5.41) is 16.5. The van der Waals surface area contributed by atoms with Gasteiger partial charge in [0.25, 0.3) is 11.8 Å². The van der Waals surface area contributed by atoms with Gasteiger partial charge in [0.05, 0.1) is 16.4 Å². The number of hydrazone groups is 1. The fourth-order valence-corrected chi connectivity index (χ4v) is 3.46. The highest BCUT2D eigenvalue weighted by atomic mass is 35.5. The highest BCUT2D eigenvalue weighted by Gasteiger charge is 2.40. The minimum absolute atomic E-state index is 0.253. The molecule has 10 heteroatoms. The predicted molar refractivity (Wildman–Crippen MR) is 129 cm³/mol. The molecule has 0 saturated heterocycles. The Balaban J connectivity index is 1.55. The lowest BCUT2D eigenvalue weighted by atomic mass is 10.0. The van der Waals surface area contributed by atoms with Crippen LogP contribution < -0.4 is 5.32 Å². The first-order chi connectivity index (χ1) is 16.4. The lowest BCUT2D eigenvalue weighted by molar-refractivity contribution is -0.144. The first-order valence-corrected chi connectivity index (χ1v) is 10.9. The molecule has 0 aromatic heterocycles. The molecule has 0 saturated carbocycles. The quantitative estimate of drug-likeness (QED) is 0.374. The number of nitrogens with one attached hydrogen (secondary N) is 1. The number of carbonyl (C=O) groups excluding carboxylic acids is 3. The maximum absolute atomic E-state index is 13.1. The topological polar surface area (TPSA) is 104 Å². The van der Waals surface area contributed by atoms with Crippen LogP contribution in [0.5, 0.6) is 0 Å². The maximum Gasteiger partial charge on any atom is 0.282 e. The average molecular weight is 494 g/mol. The third-order valence-electron chi connectivity index (χ3n) is 4.79. The zero-order valence-corrected chi connectivity index (χ0v) is 19.1. The van der Waals surface area contributed by atoms with Crippen molar-refractivity contribution in [2.24, 2.45) is 15.3 Å². The van der Waals surface area contributed by atoms with E-state index in [-0.39, 0.29) is 5.71 Å². The summed E-state index contributed by atoms with van der Waals surface area (Å²) < 4.78 is 0. The number of azo groups is 1. The second-order valence-corrected chi connectivity index (χ2v) is 8.04. The molecule has 0 fully saturated rings. The molecule has 1 aliphatic rings. The highest BCUT2D eigenvalue weighted by Crippen LogP contribution is 2.24. The minimum Gasteiger partial charge on any atom is -0.324 e. The van der Waals surface area contributed by atoms with Gasteiger partial charge < -0.3 is 5.32 Å². The average Bonchev–Trinajstić information content (AvgIpc) is 3.17. The third-order valence-corrected chi connectivity index (χ3v) is 5.37. The van der Waals surface area contributed by atoms with Crippen molar-refractivity contribution in [3.63, 3.8) is 0 Å². The lowest BCUT2D eigenvalue weighted by Crippen LogP contribution is -2.36.